The number of hydrogen-bond acceptors (Lipinski definition) is 7. The van der Waals surface area contributed by atoms with Crippen LogP contribution in [-0.2, 0) is 23.3 Å². The lowest BCUT2D eigenvalue weighted by atomic mass is 9.65. The molecule has 2 unspecified atom stereocenters. The van der Waals surface area contributed by atoms with Gasteiger partial charge in [-0.25, -0.2) is 0 Å². The largest absolute Gasteiger partial charge is 0.505 e. The van der Waals surface area contributed by atoms with E-state index >= 15 is 0 Å². The average molecular weight is 382 g/mol. The standard InChI is InChI=1S/C19H18N4O5/c1-10(24)22-9-11-4-2-3-5-13(11)19(20)14-8-15(25)17(21-26)18(23(27)28)12(14)6-7-16(19)22/h2-5,8,16,25H,6-7,9,20H2,1H3. The Morgan fingerprint density at radius 2 is 2.11 bits per heavy atom. The maximum atomic E-state index is 12.3. The molecule has 9 nitrogen and oxygen atoms in total. The predicted molar refractivity (Wildman–Crippen MR) is 100.0 cm³/mol. The molecule has 4 rings (SSSR count). The number of nitrogens with two attached hydrogens (primary N) is 1. The van der Waals surface area contributed by atoms with E-state index in [1.807, 2.05) is 24.3 Å². The molecule has 28 heavy (non-hydrogen) atoms. The minimum Gasteiger partial charge on any atom is -0.505 e. The number of amides is 1. The van der Waals surface area contributed by atoms with E-state index in [0.717, 1.165) is 11.1 Å². The number of carbonyl (C=O) groups is 1. The third-order valence-corrected chi connectivity index (χ3v) is 5.86. The first kappa shape index (κ1) is 18.1. The zero-order chi connectivity index (χ0) is 20.2. The summed E-state index contributed by atoms with van der Waals surface area (Å²) in [6, 6.07) is 8.21. The van der Waals surface area contributed by atoms with Crippen LogP contribution in [0.15, 0.2) is 35.5 Å². The highest BCUT2D eigenvalue weighted by molar-refractivity contribution is 5.77. The second kappa shape index (κ2) is 6.10. The van der Waals surface area contributed by atoms with Crippen molar-refractivity contribution >= 4 is 17.3 Å². The Bertz CT molecular complexity index is 1040. The van der Waals surface area contributed by atoms with Crippen LogP contribution in [0.5, 0.6) is 5.75 Å². The van der Waals surface area contributed by atoms with Gasteiger partial charge in [0.1, 0.15) is 0 Å². The topological polar surface area (TPSA) is 139 Å². The van der Waals surface area contributed by atoms with Crippen molar-refractivity contribution < 1.29 is 14.8 Å². The summed E-state index contributed by atoms with van der Waals surface area (Å²) in [5, 5.41) is 24.6. The van der Waals surface area contributed by atoms with Gasteiger partial charge < -0.3 is 15.7 Å². The Morgan fingerprint density at radius 1 is 1.39 bits per heavy atom. The molecule has 0 fully saturated rings. The van der Waals surface area contributed by atoms with E-state index in [1.165, 1.54) is 13.0 Å². The highest BCUT2D eigenvalue weighted by atomic mass is 16.6. The molecule has 0 aromatic heterocycles. The second-order valence-electron chi connectivity index (χ2n) is 7.19. The molecule has 0 saturated carbocycles. The van der Waals surface area contributed by atoms with Gasteiger partial charge in [-0.1, -0.05) is 24.3 Å². The summed E-state index contributed by atoms with van der Waals surface area (Å²) < 4.78 is 0. The lowest BCUT2D eigenvalue weighted by molar-refractivity contribution is -0.385. The van der Waals surface area contributed by atoms with Gasteiger partial charge in [0.25, 0.3) is 0 Å². The first-order valence-electron chi connectivity index (χ1n) is 8.82. The molecule has 2 aromatic rings. The smallest absolute Gasteiger partial charge is 0.305 e. The lowest BCUT2D eigenvalue weighted by Gasteiger charge is -2.51. The number of rotatable bonds is 2. The molecule has 2 aromatic carbocycles. The van der Waals surface area contributed by atoms with Crippen LogP contribution in [-0.4, -0.2) is 26.9 Å². The normalized spacial score (nSPS) is 22.6. The minimum absolute atomic E-state index is 0.150. The van der Waals surface area contributed by atoms with Crippen LogP contribution in [0.25, 0.3) is 0 Å². The second-order valence-corrected chi connectivity index (χ2v) is 7.19. The molecule has 0 spiro atoms. The van der Waals surface area contributed by atoms with Gasteiger partial charge in [0.15, 0.2) is 5.75 Å². The molecule has 3 N–H and O–H groups in total. The number of nitrogens with zero attached hydrogens (tertiary/aromatic N) is 3. The third kappa shape index (κ3) is 2.26. The maximum Gasteiger partial charge on any atom is 0.305 e. The number of fused-ring (bicyclic) bond motifs is 5. The summed E-state index contributed by atoms with van der Waals surface area (Å²) in [5.41, 5.74) is 6.74. The minimum atomic E-state index is -1.25. The van der Waals surface area contributed by atoms with Crippen LogP contribution in [0.1, 0.15) is 35.6 Å². The fourth-order valence-electron chi connectivity index (χ4n) is 4.69. The summed E-state index contributed by atoms with van der Waals surface area (Å²) in [6.45, 7) is 1.86. The van der Waals surface area contributed by atoms with Gasteiger partial charge in [-0.3, -0.25) is 14.9 Å². The number of nitro benzene ring substituents is 1. The SMILES string of the molecule is CC(=O)N1Cc2ccccc2C2(N)c3cc(O)c(N=O)c([N+](=O)[O-])c3CCC12. The third-order valence-electron chi connectivity index (χ3n) is 5.86. The zero-order valence-electron chi connectivity index (χ0n) is 15.1. The average Bonchev–Trinajstić information content (AvgIpc) is 2.66. The molecular formula is C19H18N4O5. The van der Waals surface area contributed by atoms with Gasteiger partial charge >= 0.3 is 5.69 Å². The van der Waals surface area contributed by atoms with Crippen molar-refractivity contribution in [3.05, 3.63) is 67.6 Å². The predicted octanol–water partition coefficient (Wildman–Crippen LogP) is 2.58. The molecule has 0 bridgehead atoms. The monoisotopic (exact) mass is 382 g/mol. The van der Waals surface area contributed by atoms with Crippen LogP contribution >= 0.6 is 0 Å². The first-order chi connectivity index (χ1) is 13.3. The van der Waals surface area contributed by atoms with Crippen LogP contribution in [0, 0.1) is 15.0 Å². The van der Waals surface area contributed by atoms with Crippen molar-refractivity contribution in [1.82, 2.24) is 4.90 Å². The van der Waals surface area contributed by atoms with Gasteiger partial charge in [0.2, 0.25) is 11.6 Å². The highest BCUT2D eigenvalue weighted by Crippen LogP contribution is 2.52. The molecule has 144 valence electrons. The summed E-state index contributed by atoms with van der Waals surface area (Å²) in [4.78, 5) is 36.1. The molecule has 9 heteroatoms. The Labute approximate surface area is 159 Å². The molecule has 1 heterocycles. The van der Waals surface area contributed by atoms with Crippen LogP contribution in [0.3, 0.4) is 0 Å². The van der Waals surface area contributed by atoms with E-state index in [4.69, 9.17) is 5.73 Å². The Balaban J connectivity index is 2.08. The lowest BCUT2D eigenvalue weighted by Crippen LogP contribution is -2.62. The van der Waals surface area contributed by atoms with Gasteiger partial charge in [-0.15, -0.1) is 4.91 Å². The number of nitroso groups, excluding NO2 is 1. The number of hydrogen-bond donors (Lipinski definition) is 2. The summed E-state index contributed by atoms with van der Waals surface area (Å²) >= 11 is 0. The molecule has 1 aliphatic heterocycles. The Hall–Kier alpha value is -3.33. The number of phenols is 1. The van der Waals surface area contributed by atoms with Crippen LogP contribution in [0.4, 0.5) is 11.4 Å². The fourth-order valence-corrected chi connectivity index (χ4v) is 4.69. The summed E-state index contributed by atoms with van der Waals surface area (Å²) in [7, 11) is 0. The van der Waals surface area contributed by atoms with Crippen molar-refractivity contribution in [2.45, 2.75) is 37.9 Å². The van der Waals surface area contributed by atoms with E-state index < -0.39 is 33.6 Å². The number of benzene rings is 2. The van der Waals surface area contributed by atoms with Gasteiger partial charge in [0, 0.05) is 19.0 Å². The highest BCUT2D eigenvalue weighted by Gasteiger charge is 2.52. The van der Waals surface area contributed by atoms with Gasteiger partial charge in [-0.2, -0.15) is 0 Å². The molecule has 2 atom stereocenters. The summed E-state index contributed by atoms with van der Waals surface area (Å²) in [6.07, 6.45) is 0.630. The first-order valence-corrected chi connectivity index (χ1v) is 8.82. The molecule has 0 saturated heterocycles. The molecule has 2 aliphatic rings. The molecular weight excluding hydrogens is 364 g/mol. The van der Waals surface area contributed by atoms with Crippen LogP contribution < -0.4 is 5.73 Å². The summed E-state index contributed by atoms with van der Waals surface area (Å²) in [5.74, 6) is -0.744. The van der Waals surface area contributed by atoms with Crippen molar-refractivity contribution in [3.63, 3.8) is 0 Å². The van der Waals surface area contributed by atoms with Gasteiger partial charge in [0.05, 0.1) is 16.5 Å². The van der Waals surface area contributed by atoms with Crippen molar-refractivity contribution in [3.8, 4) is 5.75 Å². The molecule has 1 amide bonds. The van der Waals surface area contributed by atoms with E-state index in [9.17, 15) is 24.9 Å². The van der Waals surface area contributed by atoms with E-state index in [2.05, 4.69) is 5.18 Å². The van der Waals surface area contributed by atoms with E-state index in [-0.39, 0.29) is 17.9 Å². The Morgan fingerprint density at radius 3 is 2.75 bits per heavy atom. The van der Waals surface area contributed by atoms with Gasteiger partial charge in [-0.05, 0) is 40.8 Å². The number of aromatic hydroxyl groups is 1. The Kier molecular flexibility index (Phi) is 3.93. The number of carbonyl (C=O) groups excluding carboxylic acids is 1. The van der Waals surface area contributed by atoms with Crippen molar-refractivity contribution in [2.75, 3.05) is 0 Å². The molecule has 1 aliphatic carbocycles. The fraction of sp³-hybridized carbons (Fsp3) is 0.316. The molecule has 0 radical (unpaired) electrons. The number of phenolic OH excluding ortho intramolecular Hbond substituents is 1. The van der Waals surface area contributed by atoms with Crippen molar-refractivity contribution in [2.24, 2.45) is 10.9 Å². The quantitative estimate of drug-likeness (QED) is 0.465. The zero-order valence-corrected chi connectivity index (χ0v) is 15.1. The van der Waals surface area contributed by atoms with E-state index in [0.29, 0.717) is 18.5 Å². The maximum absolute atomic E-state index is 12.3. The number of nitro groups is 1. The van der Waals surface area contributed by atoms with Crippen LogP contribution in [0.2, 0.25) is 0 Å². The van der Waals surface area contributed by atoms with Crippen molar-refractivity contribution in [1.29, 1.82) is 0 Å². The van der Waals surface area contributed by atoms with E-state index in [1.54, 1.807) is 4.90 Å².